The van der Waals surface area contributed by atoms with E-state index in [1.54, 1.807) is 0 Å². The minimum atomic E-state index is 0.601. The van der Waals surface area contributed by atoms with E-state index in [-0.39, 0.29) is 0 Å². The Kier molecular flexibility index (Phi) is 6.72. The number of aromatic nitrogens is 5. The molecule has 0 spiro atoms. The molecule has 0 radical (unpaired) electrons. The predicted octanol–water partition coefficient (Wildman–Crippen LogP) is 10.5. The molecule has 224 valence electrons. The molecule has 3 aromatic heterocycles. The van der Waals surface area contributed by atoms with Crippen LogP contribution in [-0.4, -0.2) is 24.9 Å². The van der Waals surface area contributed by atoms with Crippen LogP contribution in [0, 0.1) is 0 Å². The first-order valence-electron chi connectivity index (χ1n) is 15.9. The van der Waals surface area contributed by atoms with Crippen LogP contribution in [-0.2, 0) is 0 Å². The monoisotopic (exact) mass is 613 g/mol. The van der Waals surface area contributed by atoms with Crippen LogP contribution in [0.1, 0.15) is 0 Å². The van der Waals surface area contributed by atoms with Gasteiger partial charge in [-0.3, -0.25) is 0 Å². The van der Waals surface area contributed by atoms with Gasteiger partial charge in [-0.15, -0.1) is 0 Å². The summed E-state index contributed by atoms with van der Waals surface area (Å²) in [5.74, 6) is 1.86. The molecule has 6 aromatic carbocycles. The lowest BCUT2D eigenvalue weighted by molar-refractivity contribution is 1.07. The summed E-state index contributed by atoms with van der Waals surface area (Å²) in [6.07, 6.45) is 0. The molecule has 0 saturated carbocycles. The fourth-order valence-corrected chi connectivity index (χ4v) is 6.36. The number of nitrogens with zero attached hydrogens (tertiary/aromatic N) is 5. The number of pyridine rings is 2. The minimum absolute atomic E-state index is 0.601. The molecule has 0 aliphatic rings. The lowest BCUT2D eigenvalue weighted by atomic mass is 9.95. The summed E-state index contributed by atoms with van der Waals surface area (Å²) in [5, 5.41) is 4.34. The first kappa shape index (κ1) is 27.7. The zero-order valence-electron chi connectivity index (χ0n) is 25.8. The van der Waals surface area contributed by atoms with Crippen molar-refractivity contribution in [2.45, 2.75) is 0 Å². The van der Waals surface area contributed by atoms with Gasteiger partial charge in [0.2, 0.25) is 0 Å². The van der Waals surface area contributed by atoms with Crippen molar-refractivity contribution in [3.63, 3.8) is 0 Å². The second-order valence-electron chi connectivity index (χ2n) is 11.7. The van der Waals surface area contributed by atoms with Crippen LogP contribution in [0.15, 0.2) is 164 Å². The Hall–Kier alpha value is -6.59. The number of hydrogen-bond donors (Lipinski definition) is 0. The van der Waals surface area contributed by atoms with Crippen LogP contribution in [0.25, 0.3) is 89.3 Å². The molecule has 5 heteroatoms. The van der Waals surface area contributed by atoms with Crippen molar-refractivity contribution in [3.05, 3.63) is 164 Å². The molecule has 9 aromatic rings. The van der Waals surface area contributed by atoms with E-state index in [1.165, 1.54) is 0 Å². The molecule has 0 N–H and O–H groups in total. The Balaban J connectivity index is 1.26. The summed E-state index contributed by atoms with van der Waals surface area (Å²) in [4.78, 5) is 25.2. The molecule has 0 aliphatic carbocycles. The molecule has 48 heavy (non-hydrogen) atoms. The second-order valence-corrected chi connectivity index (χ2v) is 11.7. The number of rotatable bonds is 5. The molecule has 0 fully saturated rings. The average Bonchev–Trinajstić information content (AvgIpc) is 3.18. The fourth-order valence-electron chi connectivity index (χ4n) is 6.36. The van der Waals surface area contributed by atoms with Gasteiger partial charge >= 0.3 is 0 Å². The molecule has 0 atom stereocenters. The molecule has 9 rings (SSSR count). The largest absolute Gasteiger partial charge is 0.248 e. The number of fused-ring (bicyclic) bond motifs is 5. The van der Waals surface area contributed by atoms with Gasteiger partial charge in [0.15, 0.2) is 17.5 Å². The maximum Gasteiger partial charge on any atom is 0.164 e. The van der Waals surface area contributed by atoms with Crippen molar-refractivity contribution in [3.8, 4) is 56.7 Å². The van der Waals surface area contributed by atoms with Gasteiger partial charge in [0.05, 0.1) is 22.4 Å². The third kappa shape index (κ3) is 4.95. The highest BCUT2D eigenvalue weighted by molar-refractivity contribution is 6.21. The van der Waals surface area contributed by atoms with Crippen molar-refractivity contribution in [2.24, 2.45) is 0 Å². The van der Waals surface area contributed by atoms with Gasteiger partial charge in [-0.2, -0.15) is 0 Å². The average molecular weight is 614 g/mol. The summed E-state index contributed by atoms with van der Waals surface area (Å²) in [7, 11) is 0. The van der Waals surface area contributed by atoms with E-state index in [9.17, 15) is 0 Å². The number of benzene rings is 6. The van der Waals surface area contributed by atoms with Crippen LogP contribution < -0.4 is 0 Å². The van der Waals surface area contributed by atoms with Gasteiger partial charge in [0.1, 0.15) is 0 Å². The molecular formula is C43H27N5. The molecule has 0 unspecified atom stereocenters. The Morgan fingerprint density at radius 3 is 1.40 bits per heavy atom. The van der Waals surface area contributed by atoms with Gasteiger partial charge in [-0.1, -0.05) is 140 Å². The Bertz CT molecular complexity index is 2530. The Labute approximate surface area is 277 Å². The lowest BCUT2D eigenvalue weighted by Gasteiger charge is -2.14. The van der Waals surface area contributed by atoms with Crippen molar-refractivity contribution < 1.29 is 0 Å². The summed E-state index contributed by atoms with van der Waals surface area (Å²) in [6.45, 7) is 0. The second kappa shape index (κ2) is 11.6. The van der Waals surface area contributed by atoms with E-state index >= 15 is 0 Å². The van der Waals surface area contributed by atoms with Gasteiger partial charge in [-0.25, -0.2) is 24.9 Å². The smallest absolute Gasteiger partial charge is 0.164 e. The van der Waals surface area contributed by atoms with Crippen molar-refractivity contribution in [2.75, 3.05) is 0 Å². The normalized spacial score (nSPS) is 11.3. The van der Waals surface area contributed by atoms with E-state index < -0.39 is 0 Å². The zero-order valence-corrected chi connectivity index (χ0v) is 25.8. The van der Waals surface area contributed by atoms with E-state index in [1.807, 2.05) is 84.9 Å². The highest BCUT2D eigenvalue weighted by Gasteiger charge is 2.17. The third-order valence-electron chi connectivity index (χ3n) is 8.70. The highest BCUT2D eigenvalue weighted by atomic mass is 15.0. The van der Waals surface area contributed by atoms with Crippen molar-refractivity contribution in [1.82, 2.24) is 24.9 Å². The zero-order chi connectivity index (χ0) is 31.9. The summed E-state index contributed by atoms with van der Waals surface area (Å²) < 4.78 is 0. The van der Waals surface area contributed by atoms with E-state index in [2.05, 4.69) is 78.9 Å². The van der Waals surface area contributed by atoms with Crippen LogP contribution in [0.3, 0.4) is 0 Å². The third-order valence-corrected chi connectivity index (χ3v) is 8.70. The van der Waals surface area contributed by atoms with Gasteiger partial charge in [0.25, 0.3) is 0 Å². The molecular weight excluding hydrogens is 587 g/mol. The van der Waals surface area contributed by atoms with Crippen LogP contribution in [0.5, 0.6) is 0 Å². The standard InChI is InChI=1S/C43H27N5/c1-5-13-28(14-6-1)36-25-24-35-37(44-36)26-23-34-33-22-21-32(27-38(33)45-40(39(34)35)29-15-7-2-8-16-29)43-47-41(30-17-9-3-10-18-30)46-42(48-43)31-19-11-4-12-20-31/h1-27H. The highest BCUT2D eigenvalue weighted by Crippen LogP contribution is 2.38. The minimum Gasteiger partial charge on any atom is -0.248 e. The molecule has 0 saturated heterocycles. The predicted molar refractivity (Wildman–Crippen MR) is 195 cm³/mol. The van der Waals surface area contributed by atoms with E-state index in [0.29, 0.717) is 17.5 Å². The van der Waals surface area contributed by atoms with Crippen LogP contribution in [0.2, 0.25) is 0 Å². The Morgan fingerprint density at radius 2 is 0.792 bits per heavy atom. The maximum atomic E-state index is 5.35. The number of hydrogen-bond acceptors (Lipinski definition) is 5. The topological polar surface area (TPSA) is 64.5 Å². The van der Waals surface area contributed by atoms with Gasteiger partial charge < -0.3 is 0 Å². The van der Waals surface area contributed by atoms with E-state index in [4.69, 9.17) is 24.9 Å². The fraction of sp³-hybridized carbons (Fsp3) is 0. The molecule has 0 bridgehead atoms. The molecule has 5 nitrogen and oxygen atoms in total. The molecule has 3 heterocycles. The quantitative estimate of drug-likeness (QED) is 0.181. The molecule has 0 aliphatic heterocycles. The van der Waals surface area contributed by atoms with Crippen LogP contribution >= 0.6 is 0 Å². The SMILES string of the molecule is c1ccc(-c2ccc3c(ccc4c5ccc(-c6nc(-c7ccccc7)nc(-c7ccccc7)n6)cc5nc(-c5ccccc5)c34)n2)cc1. The lowest BCUT2D eigenvalue weighted by Crippen LogP contribution is -2.00. The van der Waals surface area contributed by atoms with Gasteiger partial charge in [0, 0.05) is 44.0 Å². The summed E-state index contributed by atoms with van der Waals surface area (Å²) in [6, 6.07) is 55.7. The van der Waals surface area contributed by atoms with Crippen molar-refractivity contribution in [1.29, 1.82) is 0 Å². The van der Waals surface area contributed by atoms with Gasteiger partial charge in [-0.05, 0) is 29.7 Å². The van der Waals surface area contributed by atoms with Crippen molar-refractivity contribution >= 4 is 32.6 Å². The van der Waals surface area contributed by atoms with Crippen LogP contribution in [0.4, 0.5) is 0 Å². The first-order chi connectivity index (χ1) is 23.8. The first-order valence-corrected chi connectivity index (χ1v) is 15.9. The maximum absolute atomic E-state index is 5.35. The summed E-state index contributed by atoms with van der Waals surface area (Å²) >= 11 is 0. The Morgan fingerprint density at radius 1 is 0.292 bits per heavy atom. The van der Waals surface area contributed by atoms with E-state index in [0.717, 1.165) is 71.8 Å². The summed E-state index contributed by atoms with van der Waals surface area (Å²) in [5.41, 5.74) is 8.56. The molecule has 0 amide bonds.